The van der Waals surface area contributed by atoms with E-state index in [0.717, 1.165) is 8.47 Å². The average molecular weight is 421 g/mol. The molecule has 2 aromatic carbocycles. The van der Waals surface area contributed by atoms with E-state index in [4.69, 9.17) is 4.74 Å². The lowest BCUT2D eigenvalue weighted by Crippen LogP contribution is -2.31. The number of ether oxygens (including phenoxy) is 1. The Balaban J connectivity index is 2.12. The van der Waals surface area contributed by atoms with Crippen molar-refractivity contribution in [2.45, 2.75) is 6.92 Å². The van der Waals surface area contributed by atoms with Crippen LogP contribution in [0.2, 0.25) is 0 Å². The minimum atomic E-state index is -0.558. The van der Waals surface area contributed by atoms with Gasteiger partial charge in [0, 0.05) is 3.57 Å². The van der Waals surface area contributed by atoms with E-state index in [-0.39, 0.29) is 17.9 Å². The summed E-state index contributed by atoms with van der Waals surface area (Å²) in [6, 6.07) is 11.6. The average Bonchev–Trinajstić information content (AvgIpc) is 2.80. The summed E-state index contributed by atoms with van der Waals surface area (Å²) >= 11 is 2.06. The van der Waals surface area contributed by atoms with Crippen LogP contribution in [0.5, 0.6) is 0 Å². The largest absolute Gasteiger partial charge is 0.462 e. The first-order valence-corrected chi connectivity index (χ1v) is 8.07. The van der Waals surface area contributed by atoms with Gasteiger partial charge >= 0.3 is 5.97 Å². The summed E-state index contributed by atoms with van der Waals surface area (Å²) in [5.41, 5.74) is 1.13. The third kappa shape index (κ3) is 2.63. The molecule has 0 atom stereocenters. The predicted molar refractivity (Wildman–Crippen MR) is 92.7 cm³/mol. The Kier molecular flexibility index (Phi) is 4.16. The summed E-state index contributed by atoms with van der Waals surface area (Å²) in [6.45, 7) is 1.92. The molecule has 0 aromatic heterocycles. The van der Waals surface area contributed by atoms with E-state index in [1.807, 2.05) is 0 Å². The molecule has 0 saturated carbocycles. The molecule has 0 unspecified atom stereocenters. The van der Waals surface area contributed by atoms with Crippen molar-refractivity contribution in [1.29, 1.82) is 0 Å². The first-order valence-electron chi connectivity index (χ1n) is 6.99. The van der Waals surface area contributed by atoms with Crippen LogP contribution < -0.4 is 4.90 Å². The SMILES string of the molecule is CCOC(=O)c1cc(I)ccc1N1C(=O)c2ccccc2C1=O. The van der Waals surface area contributed by atoms with Crippen molar-refractivity contribution in [2.24, 2.45) is 0 Å². The normalized spacial score (nSPS) is 13.2. The zero-order valence-electron chi connectivity index (χ0n) is 12.2. The van der Waals surface area contributed by atoms with E-state index in [0.29, 0.717) is 11.1 Å². The van der Waals surface area contributed by atoms with Crippen molar-refractivity contribution in [1.82, 2.24) is 0 Å². The molecule has 6 heteroatoms. The smallest absolute Gasteiger partial charge is 0.340 e. The van der Waals surface area contributed by atoms with Gasteiger partial charge in [-0.3, -0.25) is 9.59 Å². The lowest BCUT2D eigenvalue weighted by Gasteiger charge is -2.17. The fourth-order valence-electron chi connectivity index (χ4n) is 2.48. The molecule has 1 heterocycles. The van der Waals surface area contributed by atoms with E-state index in [2.05, 4.69) is 22.6 Å². The summed E-state index contributed by atoms with van der Waals surface area (Å²) in [5, 5.41) is 0. The van der Waals surface area contributed by atoms with Crippen LogP contribution in [-0.2, 0) is 4.74 Å². The molecule has 3 rings (SSSR count). The molecule has 0 bridgehead atoms. The Labute approximate surface area is 146 Å². The Morgan fingerprint density at radius 2 is 1.70 bits per heavy atom. The number of hydrogen-bond donors (Lipinski definition) is 0. The topological polar surface area (TPSA) is 63.7 Å². The standard InChI is InChI=1S/C17H12INO4/c1-2-23-17(22)13-9-10(18)7-8-14(13)19-15(20)11-5-3-4-6-12(11)16(19)21/h3-9H,2H2,1H3. The molecule has 2 aromatic rings. The predicted octanol–water partition coefficient (Wildman–Crippen LogP) is 3.27. The highest BCUT2D eigenvalue weighted by molar-refractivity contribution is 14.1. The van der Waals surface area contributed by atoms with Crippen LogP contribution >= 0.6 is 22.6 Å². The zero-order valence-corrected chi connectivity index (χ0v) is 14.4. The number of anilines is 1. The van der Waals surface area contributed by atoms with E-state index in [1.165, 1.54) is 0 Å². The maximum atomic E-state index is 12.6. The molecule has 0 saturated heterocycles. The van der Waals surface area contributed by atoms with Gasteiger partial charge in [-0.25, -0.2) is 9.69 Å². The molecule has 116 valence electrons. The maximum absolute atomic E-state index is 12.6. The third-order valence-corrected chi connectivity index (χ3v) is 4.16. The van der Waals surface area contributed by atoms with Crippen molar-refractivity contribution in [3.63, 3.8) is 0 Å². The van der Waals surface area contributed by atoms with Gasteiger partial charge < -0.3 is 4.74 Å². The summed E-state index contributed by atoms with van der Waals surface area (Å²) in [5.74, 6) is -1.42. The number of amides is 2. The summed E-state index contributed by atoms with van der Waals surface area (Å²) in [7, 11) is 0. The first-order chi connectivity index (χ1) is 11.0. The van der Waals surface area contributed by atoms with Crippen molar-refractivity contribution in [3.8, 4) is 0 Å². The molecular weight excluding hydrogens is 409 g/mol. The van der Waals surface area contributed by atoms with Gasteiger partial charge in [0.1, 0.15) is 0 Å². The molecule has 0 aliphatic carbocycles. The number of imide groups is 1. The number of benzene rings is 2. The number of esters is 1. The minimum absolute atomic E-state index is 0.202. The number of nitrogens with zero attached hydrogens (tertiary/aromatic N) is 1. The van der Waals surface area contributed by atoms with Crippen LogP contribution in [-0.4, -0.2) is 24.4 Å². The molecule has 1 aliphatic heterocycles. The Hall–Kier alpha value is -2.22. The number of fused-ring (bicyclic) bond motifs is 1. The number of halogens is 1. The second kappa shape index (κ2) is 6.11. The van der Waals surface area contributed by atoms with Crippen molar-refractivity contribution in [3.05, 3.63) is 62.7 Å². The fourth-order valence-corrected chi connectivity index (χ4v) is 2.97. The summed E-state index contributed by atoms with van der Waals surface area (Å²) < 4.78 is 5.85. The van der Waals surface area contributed by atoms with Crippen LogP contribution in [0.25, 0.3) is 0 Å². The van der Waals surface area contributed by atoms with Gasteiger partial charge in [-0.05, 0) is 59.8 Å². The van der Waals surface area contributed by atoms with E-state index in [9.17, 15) is 14.4 Å². The molecule has 2 amide bonds. The highest BCUT2D eigenvalue weighted by Crippen LogP contribution is 2.32. The number of carbonyl (C=O) groups is 3. The monoisotopic (exact) mass is 421 g/mol. The number of carbonyl (C=O) groups excluding carboxylic acids is 3. The Bertz CT molecular complexity index is 796. The summed E-state index contributed by atoms with van der Waals surface area (Å²) in [4.78, 5) is 38.4. The van der Waals surface area contributed by atoms with Crippen LogP contribution in [0.3, 0.4) is 0 Å². The molecular formula is C17H12INO4. The van der Waals surface area contributed by atoms with Crippen LogP contribution in [0.1, 0.15) is 38.0 Å². The second-order valence-corrected chi connectivity index (χ2v) is 6.12. The molecule has 0 radical (unpaired) electrons. The highest BCUT2D eigenvalue weighted by Gasteiger charge is 2.38. The zero-order chi connectivity index (χ0) is 16.6. The molecule has 0 N–H and O–H groups in total. The number of hydrogen-bond acceptors (Lipinski definition) is 4. The number of rotatable bonds is 3. The van der Waals surface area contributed by atoms with Crippen LogP contribution in [0.15, 0.2) is 42.5 Å². The van der Waals surface area contributed by atoms with Crippen molar-refractivity contribution < 1.29 is 19.1 Å². The first kappa shape index (κ1) is 15.7. The van der Waals surface area contributed by atoms with E-state index < -0.39 is 17.8 Å². The van der Waals surface area contributed by atoms with E-state index >= 15 is 0 Å². The van der Waals surface area contributed by atoms with Gasteiger partial charge in [-0.15, -0.1) is 0 Å². The molecule has 0 fully saturated rings. The molecule has 1 aliphatic rings. The van der Waals surface area contributed by atoms with E-state index in [1.54, 1.807) is 49.4 Å². The second-order valence-electron chi connectivity index (χ2n) is 4.87. The maximum Gasteiger partial charge on any atom is 0.340 e. The van der Waals surface area contributed by atoms with Crippen molar-refractivity contribution in [2.75, 3.05) is 11.5 Å². The van der Waals surface area contributed by atoms with Gasteiger partial charge in [-0.2, -0.15) is 0 Å². The molecule has 5 nitrogen and oxygen atoms in total. The van der Waals surface area contributed by atoms with Gasteiger partial charge in [0.25, 0.3) is 11.8 Å². The molecule has 0 spiro atoms. The molecule has 23 heavy (non-hydrogen) atoms. The lowest BCUT2D eigenvalue weighted by atomic mass is 10.1. The van der Waals surface area contributed by atoms with Gasteiger partial charge in [0.15, 0.2) is 0 Å². The van der Waals surface area contributed by atoms with Gasteiger partial charge in [0.2, 0.25) is 0 Å². The van der Waals surface area contributed by atoms with Crippen LogP contribution in [0, 0.1) is 3.57 Å². The highest BCUT2D eigenvalue weighted by atomic mass is 127. The fraction of sp³-hybridized carbons (Fsp3) is 0.118. The quantitative estimate of drug-likeness (QED) is 0.434. The Morgan fingerprint density at radius 3 is 2.26 bits per heavy atom. The van der Waals surface area contributed by atoms with Gasteiger partial charge in [-0.1, -0.05) is 12.1 Å². The van der Waals surface area contributed by atoms with Crippen LogP contribution in [0.4, 0.5) is 5.69 Å². The summed E-state index contributed by atoms with van der Waals surface area (Å²) in [6.07, 6.45) is 0. The van der Waals surface area contributed by atoms with Crippen molar-refractivity contribution >= 4 is 46.1 Å². The third-order valence-electron chi connectivity index (χ3n) is 3.49. The lowest BCUT2D eigenvalue weighted by molar-refractivity contribution is 0.0527. The van der Waals surface area contributed by atoms with Gasteiger partial charge in [0.05, 0.1) is 29.0 Å². The Morgan fingerprint density at radius 1 is 1.09 bits per heavy atom. The minimum Gasteiger partial charge on any atom is -0.462 e.